The van der Waals surface area contributed by atoms with Gasteiger partial charge in [-0.3, -0.25) is 4.79 Å². The van der Waals surface area contributed by atoms with Gasteiger partial charge in [0.1, 0.15) is 3.70 Å². The molecule has 18 heavy (non-hydrogen) atoms. The number of esters is 1. The fourth-order valence-corrected chi connectivity index (χ4v) is 1.68. The van der Waals surface area contributed by atoms with Gasteiger partial charge in [0.05, 0.1) is 19.7 Å². The molecule has 0 spiro atoms. The van der Waals surface area contributed by atoms with Gasteiger partial charge in [0, 0.05) is 5.56 Å². The van der Waals surface area contributed by atoms with E-state index in [1.807, 2.05) is 0 Å². The van der Waals surface area contributed by atoms with Crippen LogP contribution in [0.4, 0.5) is 13.2 Å². The molecule has 0 aliphatic rings. The second-order valence-corrected chi connectivity index (χ2v) is 4.06. The summed E-state index contributed by atoms with van der Waals surface area (Å²) in [6.07, 6.45) is -4.65. The molecule has 0 unspecified atom stereocenters. The SMILES string of the molecule is COC(=O)Cc1c(I)ncc(O)c1OC(F)(F)F. The van der Waals surface area contributed by atoms with Crippen LogP contribution in [-0.2, 0) is 16.0 Å². The van der Waals surface area contributed by atoms with Crippen LogP contribution >= 0.6 is 22.6 Å². The lowest BCUT2D eigenvalue weighted by Gasteiger charge is -2.14. The molecule has 0 aliphatic carbocycles. The first-order valence-electron chi connectivity index (χ1n) is 4.43. The summed E-state index contributed by atoms with van der Waals surface area (Å²) in [5.41, 5.74) is -0.181. The van der Waals surface area contributed by atoms with Crippen molar-refractivity contribution >= 4 is 28.6 Å². The van der Waals surface area contributed by atoms with E-state index < -0.39 is 30.3 Å². The summed E-state index contributed by atoms with van der Waals surface area (Å²) in [6.45, 7) is 0. The standard InChI is InChI=1S/C9H7F3INO4/c1-17-6(16)2-4-7(18-9(10,11)12)5(15)3-14-8(4)13/h3,15H,2H2,1H3. The number of carbonyl (C=O) groups is 1. The monoisotopic (exact) mass is 377 g/mol. The zero-order chi connectivity index (χ0) is 13.9. The summed E-state index contributed by atoms with van der Waals surface area (Å²) < 4.78 is 44.7. The minimum atomic E-state index is -4.98. The third-order valence-electron chi connectivity index (χ3n) is 1.82. The largest absolute Gasteiger partial charge is 0.573 e. The molecule has 0 aromatic carbocycles. The molecule has 0 radical (unpaired) electrons. The third kappa shape index (κ3) is 3.89. The van der Waals surface area contributed by atoms with Crippen LogP contribution in [0.5, 0.6) is 11.5 Å². The smallest absolute Gasteiger partial charge is 0.503 e. The van der Waals surface area contributed by atoms with Gasteiger partial charge in [0.2, 0.25) is 0 Å². The van der Waals surface area contributed by atoms with Crippen LogP contribution in [0.1, 0.15) is 5.56 Å². The molecule has 1 rings (SSSR count). The topological polar surface area (TPSA) is 68.7 Å². The maximum atomic E-state index is 12.2. The molecule has 1 N–H and O–H groups in total. The zero-order valence-electron chi connectivity index (χ0n) is 8.92. The van der Waals surface area contributed by atoms with Gasteiger partial charge in [0.25, 0.3) is 0 Å². The fourth-order valence-electron chi connectivity index (χ4n) is 1.10. The number of alkyl halides is 3. The van der Waals surface area contributed by atoms with Crippen LogP contribution in [0.15, 0.2) is 6.20 Å². The number of methoxy groups -OCH3 is 1. The van der Waals surface area contributed by atoms with E-state index in [2.05, 4.69) is 14.5 Å². The van der Waals surface area contributed by atoms with Gasteiger partial charge in [-0.05, 0) is 22.6 Å². The van der Waals surface area contributed by atoms with Gasteiger partial charge in [-0.15, -0.1) is 13.2 Å². The number of hydrogen-bond donors (Lipinski definition) is 1. The highest BCUT2D eigenvalue weighted by Gasteiger charge is 2.34. The van der Waals surface area contributed by atoms with E-state index in [9.17, 15) is 23.1 Å². The summed E-state index contributed by atoms with van der Waals surface area (Å²) >= 11 is 1.63. The molecule has 1 heterocycles. The molecular formula is C9H7F3INO4. The highest BCUT2D eigenvalue weighted by Crippen LogP contribution is 2.36. The van der Waals surface area contributed by atoms with E-state index in [1.165, 1.54) is 0 Å². The molecule has 1 aromatic rings. The second-order valence-electron chi connectivity index (χ2n) is 3.04. The Morgan fingerprint density at radius 3 is 2.67 bits per heavy atom. The Balaban J connectivity index is 3.20. The summed E-state index contributed by atoms with van der Waals surface area (Å²) in [7, 11) is 1.09. The van der Waals surface area contributed by atoms with Crippen LogP contribution in [0.3, 0.4) is 0 Å². The average Bonchev–Trinajstić information content (AvgIpc) is 2.26. The van der Waals surface area contributed by atoms with Crippen molar-refractivity contribution in [2.45, 2.75) is 12.8 Å². The maximum absolute atomic E-state index is 12.2. The number of halogens is 4. The van der Waals surface area contributed by atoms with Crippen molar-refractivity contribution < 1.29 is 32.5 Å². The molecule has 0 saturated heterocycles. The summed E-state index contributed by atoms with van der Waals surface area (Å²) in [6, 6.07) is 0. The number of carbonyl (C=O) groups excluding carboxylic acids is 1. The van der Waals surface area contributed by atoms with Crippen LogP contribution in [0, 0.1) is 3.70 Å². The van der Waals surface area contributed by atoms with E-state index in [-0.39, 0.29) is 9.26 Å². The predicted molar refractivity (Wildman–Crippen MR) is 61.0 cm³/mol. The first-order chi connectivity index (χ1) is 8.24. The van der Waals surface area contributed by atoms with E-state index in [1.54, 1.807) is 22.6 Å². The third-order valence-corrected chi connectivity index (χ3v) is 2.75. The number of pyridine rings is 1. The minimum absolute atomic E-state index is 0.107. The van der Waals surface area contributed by atoms with Crippen LogP contribution in [0.2, 0.25) is 0 Å². The predicted octanol–water partition coefficient (Wildman–Crippen LogP) is 2.01. The van der Waals surface area contributed by atoms with Crippen molar-refractivity contribution in [1.29, 1.82) is 0 Å². The summed E-state index contributed by atoms with van der Waals surface area (Å²) in [4.78, 5) is 14.7. The quantitative estimate of drug-likeness (QED) is 0.496. The summed E-state index contributed by atoms with van der Waals surface area (Å²) in [5.74, 6) is -2.41. The van der Waals surface area contributed by atoms with E-state index >= 15 is 0 Å². The van der Waals surface area contributed by atoms with Crippen LogP contribution in [-0.4, -0.2) is 29.5 Å². The maximum Gasteiger partial charge on any atom is 0.573 e. The van der Waals surface area contributed by atoms with Gasteiger partial charge in [-0.1, -0.05) is 0 Å². The molecule has 1 aromatic heterocycles. The number of nitrogens with zero attached hydrogens (tertiary/aromatic N) is 1. The average molecular weight is 377 g/mol. The Kier molecular flexibility index (Phi) is 4.59. The molecule has 100 valence electrons. The van der Waals surface area contributed by atoms with Gasteiger partial charge >= 0.3 is 12.3 Å². The van der Waals surface area contributed by atoms with Crippen LogP contribution in [0.25, 0.3) is 0 Å². The fraction of sp³-hybridized carbons (Fsp3) is 0.333. The lowest BCUT2D eigenvalue weighted by molar-refractivity contribution is -0.275. The Morgan fingerprint density at radius 1 is 1.56 bits per heavy atom. The van der Waals surface area contributed by atoms with Crippen LogP contribution < -0.4 is 4.74 Å². The van der Waals surface area contributed by atoms with Crippen molar-refractivity contribution in [2.75, 3.05) is 7.11 Å². The number of hydrogen-bond acceptors (Lipinski definition) is 5. The first kappa shape index (κ1) is 14.8. The molecule has 0 amide bonds. The zero-order valence-corrected chi connectivity index (χ0v) is 11.1. The number of ether oxygens (including phenoxy) is 2. The number of aromatic hydroxyl groups is 1. The Bertz CT molecular complexity index is 464. The normalized spacial score (nSPS) is 11.2. The molecule has 0 saturated carbocycles. The number of aromatic nitrogens is 1. The molecule has 9 heteroatoms. The van der Waals surface area contributed by atoms with Gasteiger partial charge in [-0.25, -0.2) is 4.98 Å². The van der Waals surface area contributed by atoms with E-state index in [0.717, 1.165) is 13.3 Å². The molecule has 0 atom stereocenters. The lowest BCUT2D eigenvalue weighted by atomic mass is 10.2. The number of rotatable bonds is 3. The second kappa shape index (κ2) is 5.59. The van der Waals surface area contributed by atoms with Crippen molar-refractivity contribution in [1.82, 2.24) is 4.98 Å². The Labute approximate surface area is 113 Å². The van der Waals surface area contributed by atoms with Crippen molar-refractivity contribution in [3.8, 4) is 11.5 Å². The van der Waals surface area contributed by atoms with Gasteiger partial charge < -0.3 is 14.6 Å². The van der Waals surface area contributed by atoms with E-state index in [0.29, 0.717) is 0 Å². The Hall–Kier alpha value is -1.26. The molecule has 5 nitrogen and oxygen atoms in total. The highest BCUT2D eigenvalue weighted by atomic mass is 127. The van der Waals surface area contributed by atoms with E-state index in [4.69, 9.17) is 0 Å². The van der Waals surface area contributed by atoms with Crippen molar-refractivity contribution in [3.05, 3.63) is 15.5 Å². The van der Waals surface area contributed by atoms with Gasteiger partial charge in [0.15, 0.2) is 11.5 Å². The minimum Gasteiger partial charge on any atom is -0.503 e. The van der Waals surface area contributed by atoms with Crippen molar-refractivity contribution in [3.63, 3.8) is 0 Å². The molecule has 0 fully saturated rings. The lowest BCUT2D eigenvalue weighted by Crippen LogP contribution is -2.20. The molecule has 0 aliphatic heterocycles. The molecule has 0 bridgehead atoms. The first-order valence-corrected chi connectivity index (χ1v) is 5.51. The highest BCUT2D eigenvalue weighted by molar-refractivity contribution is 14.1. The van der Waals surface area contributed by atoms with Gasteiger partial charge in [-0.2, -0.15) is 0 Å². The summed E-state index contributed by atoms with van der Waals surface area (Å²) in [5, 5.41) is 9.32. The molecular weight excluding hydrogens is 370 g/mol. The Morgan fingerprint density at radius 2 is 2.17 bits per heavy atom. The van der Waals surface area contributed by atoms with Crippen molar-refractivity contribution in [2.24, 2.45) is 0 Å².